The van der Waals surface area contributed by atoms with Gasteiger partial charge >= 0.3 is 0 Å². The van der Waals surface area contributed by atoms with E-state index in [4.69, 9.17) is 0 Å². The molecule has 0 fully saturated rings. The average molecular weight is 178 g/mol. The Morgan fingerprint density at radius 1 is 1.38 bits per heavy atom. The summed E-state index contributed by atoms with van der Waals surface area (Å²) in [5.74, 6) is -0.0436. The molecule has 1 aromatic rings. The monoisotopic (exact) mass is 178 g/mol. The van der Waals surface area contributed by atoms with Crippen molar-refractivity contribution in [2.24, 2.45) is 0 Å². The maximum atomic E-state index is 11.2. The van der Waals surface area contributed by atoms with E-state index in [0.29, 0.717) is 5.56 Å². The highest BCUT2D eigenvalue weighted by molar-refractivity contribution is 5.94. The fourth-order valence-corrected chi connectivity index (χ4v) is 1.17. The molecule has 0 heterocycles. The molecule has 0 saturated heterocycles. The summed E-state index contributed by atoms with van der Waals surface area (Å²) in [4.78, 5) is 11.2. The zero-order valence-electron chi connectivity index (χ0n) is 7.92. The molecule has 2 N–H and O–H groups in total. The first-order valence-electron chi connectivity index (χ1n) is 4.23. The summed E-state index contributed by atoms with van der Waals surface area (Å²) in [7, 11) is 3.51. The SMILES string of the molecule is CNCc1cccc(C(=O)NC)c1. The van der Waals surface area contributed by atoms with E-state index in [1.54, 1.807) is 13.1 Å². The van der Waals surface area contributed by atoms with Crippen LogP contribution in [-0.4, -0.2) is 20.0 Å². The molecule has 0 bridgehead atoms. The lowest BCUT2D eigenvalue weighted by atomic mass is 10.1. The van der Waals surface area contributed by atoms with Crippen LogP contribution in [0.3, 0.4) is 0 Å². The Balaban J connectivity index is 2.85. The Morgan fingerprint density at radius 3 is 2.77 bits per heavy atom. The first-order chi connectivity index (χ1) is 6.27. The van der Waals surface area contributed by atoms with Gasteiger partial charge in [0.25, 0.3) is 5.91 Å². The van der Waals surface area contributed by atoms with Crippen molar-refractivity contribution in [3.63, 3.8) is 0 Å². The molecular weight excluding hydrogens is 164 g/mol. The van der Waals surface area contributed by atoms with E-state index in [1.807, 2.05) is 25.2 Å². The zero-order chi connectivity index (χ0) is 9.68. The molecule has 0 aromatic heterocycles. The van der Waals surface area contributed by atoms with Crippen molar-refractivity contribution >= 4 is 5.91 Å². The molecule has 1 amide bonds. The van der Waals surface area contributed by atoms with Gasteiger partial charge in [-0.25, -0.2) is 0 Å². The summed E-state index contributed by atoms with van der Waals surface area (Å²) in [6.45, 7) is 0.783. The minimum Gasteiger partial charge on any atom is -0.355 e. The van der Waals surface area contributed by atoms with E-state index < -0.39 is 0 Å². The summed E-state index contributed by atoms with van der Waals surface area (Å²) in [6, 6.07) is 7.56. The number of carbonyl (C=O) groups is 1. The first-order valence-corrected chi connectivity index (χ1v) is 4.23. The molecule has 1 rings (SSSR count). The third kappa shape index (κ3) is 2.56. The minimum absolute atomic E-state index is 0.0436. The third-order valence-electron chi connectivity index (χ3n) is 1.80. The predicted octanol–water partition coefficient (Wildman–Crippen LogP) is 0.766. The molecule has 1 aromatic carbocycles. The minimum atomic E-state index is -0.0436. The number of hydrogen-bond donors (Lipinski definition) is 2. The van der Waals surface area contributed by atoms with Gasteiger partial charge in [-0.15, -0.1) is 0 Å². The summed E-state index contributed by atoms with van der Waals surface area (Å²) >= 11 is 0. The first kappa shape index (κ1) is 9.74. The molecule has 0 saturated carbocycles. The normalized spacial score (nSPS) is 9.69. The molecule has 3 heteroatoms. The van der Waals surface area contributed by atoms with Gasteiger partial charge in [0.1, 0.15) is 0 Å². The van der Waals surface area contributed by atoms with Crippen LogP contribution in [0.2, 0.25) is 0 Å². The fourth-order valence-electron chi connectivity index (χ4n) is 1.17. The molecule has 0 atom stereocenters. The van der Waals surface area contributed by atoms with Crippen molar-refractivity contribution in [2.45, 2.75) is 6.54 Å². The van der Waals surface area contributed by atoms with E-state index in [-0.39, 0.29) is 5.91 Å². The van der Waals surface area contributed by atoms with Gasteiger partial charge in [-0.05, 0) is 24.7 Å². The Hall–Kier alpha value is -1.35. The summed E-state index contributed by atoms with van der Waals surface area (Å²) < 4.78 is 0. The van der Waals surface area contributed by atoms with E-state index >= 15 is 0 Å². The van der Waals surface area contributed by atoms with Crippen LogP contribution in [0.4, 0.5) is 0 Å². The second kappa shape index (κ2) is 4.62. The average Bonchev–Trinajstić information content (AvgIpc) is 2.18. The van der Waals surface area contributed by atoms with Crippen LogP contribution >= 0.6 is 0 Å². The highest BCUT2D eigenvalue weighted by Crippen LogP contribution is 2.04. The van der Waals surface area contributed by atoms with Crippen molar-refractivity contribution in [1.29, 1.82) is 0 Å². The maximum Gasteiger partial charge on any atom is 0.251 e. The standard InChI is InChI=1S/C10H14N2O/c1-11-7-8-4-3-5-9(6-8)10(13)12-2/h3-6,11H,7H2,1-2H3,(H,12,13). The van der Waals surface area contributed by atoms with Crippen LogP contribution in [0.5, 0.6) is 0 Å². The van der Waals surface area contributed by atoms with Crippen molar-refractivity contribution in [2.75, 3.05) is 14.1 Å². The number of hydrogen-bond acceptors (Lipinski definition) is 2. The van der Waals surface area contributed by atoms with Crippen LogP contribution in [0.25, 0.3) is 0 Å². The Kier molecular flexibility index (Phi) is 3.46. The molecule has 70 valence electrons. The van der Waals surface area contributed by atoms with Crippen LogP contribution in [0.1, 0.15) is 15.9 Å². The van der Waals surface area contributed by atoms with Crippen LogP contribution < -0.4 is 10.6 Å². The highest BCUT2D eigenvalue weighted by atomic mass is 16.1. The molecule has 0 unspecified atom stereocenters. The molecule has 0 radical (unpaired) electrons. The maximum absolute atomic E-state index is 11.2. The van der Waals surface area contributed by atoms with Crippen LogP contribution in [0, 0.1) is 0 Å². The van der Waals surface area contributed by atoms with Gasteiger partial charge < -0.3 is 10.6 Å². The van der Waals surface area contributed by atoms with Gasteiger partial charge in [0.05, 0.1) is 0 Å². The lowest BCUT2D eigenvalue weighted by Crippen LogP contribution is -2.18. The Labute approximate surface area is 78.2 Å². The van der Waals surface area contributed by atoms with Crippen molar-refractivity contribution in [1.82, 2.24) is 10.6 Å². The number of nitrogens with one attached hydrogen (secondary N) is 2. The Morgan fingerprint density at radius 2 is 2.15 bits per heavy atom. The quantitative estimate of drug-likeness (QED) is 0.717. The number of carbonyl (C=O) groups excluding carboxylic acids is 1. The van der Waals surface area contributed by atoms with Crippen molar-refractivity contribution < 1.29 is 4.79 Å². The Bertz CT molecular complexity index is 297. The van der Waals surface area contributed by atoms with E-state index in [1.165, 1.54) is 0 Å². The fraction of sp³-hybridized carbons (Fsp3) is 0.300. The molecule has 0 aliphatic carbocycles. The molecule has 13 heavy (non-hydrogen) atoms. The lowest BCUT2D eigenvalue weighted by Gasteiger charge is -2.03. The molecular formula is C10H14N2O. The van der Waals surface area contributed by atoms with E-state index in [0.717, 1.165) is 12.1 Å². The summed E-state index contributed by atoms with van der Waals surface area (Å²) in [5.41, 5.74) is 1.82. The van der Waals surface area contributed by atoms with Crippen LogP contribution in [-0.2, 0) is 6.54 Å². The topological polar surface area (TPSA) is 41.1 Å². The molecule has 3 nitrogen and oxygen atoms in total. The van der Waals surface area contributed by atoms with Gasteiger partial charge in [-0.1, -0.05) is 12.1 Å². The highest BCUT2D eigenvalue weighted by Gasteiger charge is 2.02. The van der Waals surface area contributed by atoms with Gasteiger partial charge in [0.2, 0.25) is 0 Å². The van der Waals surface area contributed by atoms with E-state index in [2.05, 4.69) is 10.6 Å². The van der Waals surface area contributed by atoms with Crippen LogP contribution in [0.15, 0.2) is 24.3 Å². The van der Waals surface area contributed by atoms with Gasteiger partial charge in [-0.3, -0.25) is 4.79 Å². The second-order valence-corrected chi connectivity index (χ2v) is 2.81. The number of benzene rings is 1. The second-order valence-electron chi connectivity index (χ2n) is 2.81. The van der Waals surface area contributed by atoms with Gasteiger partial charge in [-0.2, -0.15) is 0 Å². The molecule has 0 aliphatic heterocycles. The van der Waals surface area contributed by atoms with Crippen molar-refractivity contribution in [3.8, 4) is 0 Å². The third-order valence-corrected chi connectivity index (χ3v) is 1.80. The zero-order valence-corrected chi connectivity index (χ0v) is 7.92. The van der Waals surface area contributed by atoms with Gasteiger partial charge in [0.15, 0.2) is 0 Å². The largest absolute Gasteiger partial charge is 0.355 e. The van der Waals surface area contributed by atoms with Gasteiger partial charge in [0, 0.05) is 19.2 Å². The smallest absolute Gasteiger partial charge is 0.251 e. The number of rotatable bonds is 3. The predicted molar refractivity (Wildman–Crippen MR) is 52.6 cm³/mol. The van der Waals surface area contributed by atoms with E-state index in [9.17, 15) is 4.79 Å². The molecule has 0 spiro atoms. The lowest BCUT2D eigenvalue weighted by molar-refractivity contribution is 0.0963. The summed E-state index contributed by atoms with van der Waals surface area (Å²) in [6.07, 6.45) is 0. The number of amides is 1. The summed E-state index contributed by atoms with van der Waals surface area (Å²) in [5, 5.41) is 5.63. The molecule has 0 aliphatic rings. The van der Waals surface area contributed by atoms with Crippen molar-refractivity contribution in [3.05, 3.63) is 35.4 Å².